The summed E-state index contributed by atoms with van der Waals surface area (Å²) in [4.78, 5) is 0. The lowest BCUT2D eigenvalue weighted by atomic mass is 9.92. The Morgan fingerprint density at radius 1 is 1.32 bits per heavy atom. The molecule has 0 aliphatic heterocycles. The van der Waals surface area contributed by atoms with Crippen LogP contribution in [-0.4, -0.2) is 15.8 Å². The van der Waals surface area contributed by atoms with Gasteiger partial charge in [0.25, 0.3) is 0 Å². The van der Waals surface area contributed by atoms with Crippen LogP contribution in [0, 0.1) is 5.41 Å². The van der Waals surface area contributed by atoms with Gasteiger partial charge in [-0.1, -0.05) is 19.9 Å². The van der Waals surface area contributed by atoms with Crippen molar-refractivity contribution < 1.29 is 0 Å². The molecule has 1 unspecified atom stereocenters. The van der Waals surface area contributed by atoms with Crippen LogP contribution in [0.2, 0.25) is 0 Å². The van der Waals surface area contributed by atoms with Gasteiger partial charge in [-0.3, -0.25) is 0 Å². The van der Waals surface area contributed by atoms with Gasteiger partial charge in [-0.05, 0) is 48.9 Å². The van der Waals surface area contributed by atoms with Gasteiger partial charge < -0.3 is 5.32 Å². The predicted octanol–water partition coefficient (Wildman–Crippen LogP) is 3.86. The second-order valence-corrected chi connectivity index (χ2v) is 6.25. The zero-order chi connectivity index (χ0) is 13.3. The molecule has 0 amide bonds. The lowest BCUT2D eigenvalue weighted by molar-refractivity contribution is 0.378. The summed E-state index contributed by atoms with van der Waals surface area (Å²) in [5, 5.41) is 7.93. The molecule has 1 fully saturated rings. The van der Waals surface area contributed by atoms with Crippen molar-refractivity contribution in [2.24, 2.45) is 5.41 Å². The lowest BCUT2D eigenvalue weighted by Gasteiger charge is -2.19. The summed E-state index contributed by atoms with van der Waals surface area (Å²) >= 11 is 0. The third-order valence-corrected chi connectivity index (χ3v) is 3.95. The molecule has 0 saturated heterocycles. The first-order chi connectivity index (χ1) is 9.12. The molecule has 0 radical (unpaired) electrons. The Morgan fingerprint density at radius 3 is 2.89 bits per heavy atom. The van der Waals surface area contributed by atoms with E-state index in [1.54, 1.807) is 6.20 Å². The second-order valence-electron chi connectivity index (χ2n) is 6.25. The SMILES string of the molecule is CC1(C)CCC(Nc2cccc(-n3cccn3)c2)C1. The molecular weight excluding hydrogens is 234 g/mol. The third-order valence-electron chi connectivity index (χ3n) is 3.95. The maximum atomic E-state index is 4.27. The molecule has 1 aliphatic rings. The van der Waals surface area contributed by atoms with Gasteiger partial charge in [0.05, 0.1) is 5.69 Å². The minimum atomic E-state index is 0.483. The average molecular weight is 255 g/mol. The highest BCUT2D eigenvalue weighted by molar-refractivity contribution is 5.51. The fourth-order valence-electron chi connectivity index (χ4n) is 2.95. The molecule has 2 aromatic rings. The number of rotatable bonds is 3. The van der Waals surface area contributed by atoms with Crippen molar-refractivity contribution in [3.8, 4) is 5.69 Å². The average Bonchev–Trinajstić information content (AvgIpc) is 2.99. The quantitative estimate of drug-likeness (QED) is 0.902. The Balaban J connectivity index is 1.74. The highest BCUT2D eigenvalue weighted by atomic mass is 15.3. The van der Waals surface area contributed by atoms with Gasteiger partial charge in [-0.25, -0.2) is 4.68 Å². The van der Waals surface area contributed by atoms with Crippen LogP contribution in [-0.2, 0) is 0 Å². The van der Waals surface area contributed by atoms with Gasteiger partial charge in [-0.15, -0.1) is 0 Å². The number of nitrogens with zero attached hydrogens (tertiary/aromatic N) is 2. The summed E-state index contributed by atoms with van der Waals surface area (Å²) in [5.41, 5.74) is 2.78. The Hall–Kier alpha value is -1.77. The molecule has 100 valence electrons. The second kappa shape index (κ2) is 4.72. The molecule has 3 rings (SSSR count). The molecule has 3 heteroatoms. The first kappa shape index (κ1) is 12.3. The Kier molecular flexibility index (Phi) is 3.05. The van der Waals surface area contributed by atoms with Gasteiger partial charge >= 0.3 is 0 Å². The molecule has 19 heavy (non-hydrogen) atoms. The molecule has 1 N–H and O–H groups in total. The normalized spacial score (nSPS) is 21.5. The third kappa shape index (κ3) is 2.80. The summed E-state index contributed by atoms with van der Waals surface area (Å²) in [6.45, 7) is 4.71. The summed E-state index contributed by atoms with van der Waals surface area (Å²) < 4.78 is 1.89. The largest absolute Gasteiger partial charge is 0.382 e. The summed E-state index contributed by atoms with van der Waals surface area (Å²) in [6.07, 6.45) is 7.60. The van der Waals surface area contributed by atoms with Crippen molar-refractivity contribution in [3.05, 3.63) is 42.7 Å². The minimum absolute atomic E-state index is 0.483. The molecule has 1 saturated carbocycles. The Labute approximate surface area is 114 Å². The zero-order valence-electron chi connectivity index (χ0n) is 11.6. The van der Waals surface area contributed by atoms with E-state index in [0.717, 1.165) is 5.69 Å². The highest BCUT2D eigenvalue weighted by Crippen LogP contribution is 2.38. The maximum Gasteiger partial charge on any atom is 0.0666 e. The monoisotopic (exact) mass is 255 g/mol. The fraction of sp³-hybridized carbons (Fsp3) is 0.438. The Morgan fingerprint density at radius 2 is 2.21 bits per heavy atom. The van der Waals surface area contributed by atoms with Gasteiger partial charge in [0.15, 0.2) is 0 Å². The van der Waals surface area contributed by atoms with Crippen LogP contribution in [0.25, 0.3) is 5.69 Å². The number of benzene rings is 1. The topological polar surface area (TPSA) is 29.9 Å². The van der Waals surface area contributed by atoms with Crippen molar-refractivity contribution in [1.82, 2.24) is 9.78 Å². The molecule has 1 atom stereocenters. The van der Waals surface area contributed by atoms with Crippen molar-refractivity contribution >= 4 is 5.69 Å². The maximum absolute atomic E-state index is 4.27. The summed E-state index contributed by atoms with van der Waals surface area (Å²) in [7, 11) is 0. The molecule has 3 nitrogen and oxygen atoms in total. The molecule has 0 spiro atoms. The summed E-state index contributed by atoms with van der Waals surface area (Å²) in [5.74, 6) is 0. The first-order valence-electron chi connectivity index (χ1n) is 6.99. The number of hydrogen-bond donors (Lipinski definition) is 1. The van der Waals surface area contributed by atoms with E-state index in [0.29, 0.717) is 11.5 Å². The first-order valence-corrected chi connectivity index (χ1v) is 6.99. The van der Waals surface area contributed by atoms with Crippen LogP contribution in [0.5, 0.6) is 0 Å². The lowest BCUT2D eigenvalue weighted by Crippen LogP contribution is -2.17. The van der Waals surface area contributed by atoms with Crippen LogP contribution in [0.1, 0.15) is 33.1 Å². The standard InChI is InChI=1S/C16H21N3/c1-16(2)8-7-14(12-16)18-13-5-3-6-15(11-13)19-10-4-9-17-19/h3-6,9-11,14,18H,7-8,12H2,1-2H3. The van der Waals surface area contributed by atoms with Gasteiger partial charge in [0.1, 0.15) is 0 Å². The van der Waals surface area contributed by atoms with Crippen LogP contribution in [0.15, 0.2) is 42.7 Å². The number of anilines is 1. The van der Waals surface area contributed by atoms with E-state index in [1.807, 2.05) is 16.9 Å². The van der Waals surface area contributed by atoms with Crippen LogP contribution >= 0.6 is 0 Å². The highest BCUT2D eigenvalue weighted by Gasteiger charge is 2.30. The predicted molar refractivity (Wildman–Crippen MR) is 78.6 cm³/mol. The van der Waals surface area contributed by atoms with E-state index >= 15 is 0 Å². The van der Waals surface area contributed by atoms with Gasteiger partial charge in [0.2, 0.25) is 0 Å². The van der Waals surface area contributed by atoms with E-state index in [4.69, 9.17) is 0 Å². The number of aromatic nitrogens is 2. The van der Waals surface area contributed by atoms with Crippen molar-refractivity contribution in [1.29, 1.82) is 0 Å². The smallest absolute Gasteiger partial charge is 0.0666 e. The number of hydrogen-bond acceptors (Lipinski definition) is 2. The van der Waals surface area contributed by atoms with Gasteiger partial charge in [0, 0.05) is 24.1 Å². The van der Waals surface area contributed by atoms with Crippen LogP contribution in [0.4, 0.5) is 5.69 Å². The fourth-order valence-corrected chi connectivity index (χ4v) is 2.95. The molecule has 1 aliphatic carbocycles. The van der Waals surface area contributed by atoms with E-state index in [9.17, 15) is 0 Å². The van der Waals surface area contributed by atoms with Gasteiger partial charge in [-0.2, -0.15) is 5.10 Å². The van der Waals surface area contributed by atoms with E-state index < -0.39 is 0 Å². The van der Waals surface area contributed by atoms with Crippen LogP contribution < -0.4 is 5.32 Å². The van der Waals surface area contributed by atoms with E-state index in [2.05, 4.69) is 48.5 Å². The Bertz CT molecular complexity index is 543. The van der Waals surface area contributed by atoms with Crippen molar-refractivity contribution in [2.45, 2.75) is 39.2 Å². The van der Waals surface area contributed by atoms with Crippen LogP contribution in [0.3, 0.4) is 0 Å². The molecule has 1 aromatic heterocycles. The van der Waals surface area contributed by atoms with E-state index in [1.165, 1.54) is 24.9 Å². The molecule has 1 heterocycles. The molecular formula is C16H21N3. The van der Waals surface area contributed by atoms with E-state index in [-0.39, 0.29) is 0 Å². The van der Waals surface area contributed by atoms with Crippen molar-refractivity contribution in [2.75, 3.05) is 5.32 Å². The number of nitrogens with one attached hydrogen (secondary N) is 1. The zero-order valence-corrected chi connectivity index (χ0v) is 11.6. The summed E-state index contributed by atoms with van der Waals surface area (Å²) in [6, 6.07) is 11.0. The molecule has 1 aromatic carbocycles. The minimum Gasteiger partial charge on any atom is -0.382 e. The van der Waals surface area contributed by atoms with Crippen molar-refractivity contribution in [3.63, 3.8) is 0 Å². The molecule has 0 bridgehead atoms.